The molecule has 0 bridgehead atoms. The molecule has 1 rings (SSSR count). The summed E-state index contributed by atoms with van der Waals surface area (Å²) in [5, 5.41) is 3.42. The molecule has 0 unspecified atom stereocenters. The van der Waals surface area contributed by atoms with Crippen LogP contribution in [0, 0.1) is 5.92 Å². The van der Waals surface area contributed by atoms with Crippen molar-refractivity contribution in [1.82, 2.24) is 5.32 Å². The van der Waals surface area contributed by atoms with E-state index in [-0.39, 0.29) is 0 Å². The third-order valence-corrected chi connectivity index (χ3v) is 3.16. The minimum absolute atomic E-state index is 0.816. The number of aryl methyl sites for hydroxylation is 1. The van der Waals surface area contributed by atoms with Crippen molar-refractivity contribution in [3.05, 3.63) is 35.9 Å². The monoisotopic (exact) mass is 263 g/mol. The maximum Gasteiger partial charge on any atom is 0.0590 e. The van der Waals surface area contributed by atoms with Crippen molar-refractivity contribution in [2.75, 3.05) is 26.3 Å². The molecule has 0 radical (unpaired) electrons. The molecule has 0 aliphatic carbocycles. The van der Waals surface area contributed by atoms with Gasteiger partial charge in [-0.2, -0.15) is 0 Å². The van der Waals surface area contributed by atoms with Crippen LogP contribution in [0.1, 0.15) is 38.7 Å². The summed E-state index contributed by atoms with van der Waals surface area (Å²) >= 11 is 0. The Hall–Kier alpha value is -0.860. The van der Waals surface area contributed by atoms with Crippen LogP contribution >= 0.6 is 0 Å². The fourth-order valence-corrected chi connectivity index (χ4v) is 2.03. The fraction of sp³-hybridized carbons (Fsp3) is 0.647. The van der Waals surface area contributed by atoms with Crippen LogP contribution in [0.4, 0.5) is 0 Å². The molecule has 0 fully saturated rings. The van der Waals surface area contributed by atoms with Gasteiger partial charge >= 0.3 is 0 Å². The smallest absolute Gasteiger partial charge is 0.0590 e. The van der Waals surface area contributed by atoms with Crippen LogP contribution in [0.5, 0.6) is 0 Å². The molecule has 0 aliphatic heterocycles. The van der Waals surface area contributed by atoms with Crippen LogP contribution in [0.2, 0.25) is 0 Å². The van der Waals surface area contributed by atoms with E-state index in [1.54, 1.807) is 0 Å². The summed E-state index contributed by atoms with van der Waals surface area (Å²) in [6.45, 7) is 8.33. The van der Waals surface area contributed by atoms with Gasteiger partial charge in [0.15, 0.2) is 0 Å². The Balaban J connectivity index is 1.81. The lowest BCUT2D eigenvalue weighted by molar-refractivity contribution is 0.133. The van der Waals surface area contributed by atoms with Gasteiger partial charge < -0.3 is 10.1 Å². The number of rotatable bonds is 11. The zero-order valence-corrected chi connectivity index (χ0v) is 12.5. The summed E-state index contributed by atoms with van der Waals surface area (Å²) in [5.41, 5.74) is 1.40. The zero-order valence-electron chi connectivity index (χ0n) is 12.5. The molecule has 1 aromatic carbocycles. The van der Waals surface area contributed by atoms with Gasteiger partial charge in [-0.25, -0.2) is 0 Å². The van der Waals surface area contributed by atoms with E-state index in [2.05, 4.69) is 49.5 Å². The Morgan fingerprint density at radius 3 is 2.53 bits per heavy atom. The molecule has 0 saturated heterocycles. The molecule has 19 heavy (non-hydrogen) atoms. The molecule has 1 aromatic rings. The van der Waals surface area contributed by atoms with E-state index in [1.165, 1.54) is 18.4 Å². The summed E-state index contributed by atoms with van der Waals surface area (Å²) in [6.07, 6.45) is 4.80. The summed E-state index contributed by atoms with van der Waals surface area (Å²) in [5.74, 6) is 0.816. The largest absolute Gasteiger partial charge is 0.380 e. The Bertz CT molecular complexity index is 297. The molecule has 1 N–H and O–H groups in total. The van der Waals surface area contributed by atoms with Gasteiger partial charge in [-0.15, -0.1) is 0 Å². The third kappa shape index (κ3) is 9.69. The van der Waals surface area contributed by atoms with Crippen molar-refractivity contribution in [3.8, 4) is 0 Å². The highest BCUT2D eigenvalue weighted by Gasteiger charge is 1.95. The fourth-order valence-electron chi connectivity index (χ4n) is 2.03. The molecule has 0 aromatic heterocycles. The van der Waals surface area contributed by atoms with Gasteiger partial charge in [0.1, 0.15) is 0 Å². The van der Waals surface area contributed by atoms with Crippen LogP contribution < -0.4 is 5.32 Å². The predicted octanol–water partition coefficient (Wildman–Crippen LogP) is 3.66. The van der Waals surface area contributed by atoms with Crippen LogP contribution in [0.25, 0.3) is 0 Å². The highest BCUT2D eigenvalue weighted by molar-refractivity contribution is 5.14. The molecular weight excluding hydrogens is 234 g/mol. The molecule has 0 amide bonds. The number of benzene rings is 1. The van der Waals surface area contributed by atoms with Gasteiger partial charge in [0.2, 0.25) is 0 Å². The SMILES string of the molecule is CC(C)CCCNCCOCCCc1ccccc1. The van der Waals surface area contributed by atoms with Gasteiger partial charge in [0.05, 0.1) is 6.61 Å². The molecule has 0 atom stereocenters. The maximum atomic E-state index is 5.62. The zero-order chi connectivity index (χ0) is 13.8. The number of ether oxygens (including phenoxy) is 1. The molecule has 2 heteroatoms. The van der Waals surface area contributed by atoms with Gasteiger partial charge in [0, 0.05) is 13.2 Å². The first-order valence-corrected chi connectivity index (χ1v) is 7.61. The second-order valence-electron chi connectivity index (χ2n) is 5.49. The summed E-state index contributed by atoms with van der Waals surface area (Å²) in [4.78, 5) is 0. The Kier molecular flexibility index (Phi) is 9.38. The Labute approximate surface area is 118 Å². The summed E-state index contributed by atoms with van der Waals surface area (Å²) in [7, 11) is 0. The van der Waals surface area contributed by atoms with Crippen LogP contribution in [-0.2, 0) is 11.2 Å². The number of hydrogen-bond acceptors (Lipinski definition) is 2. The van der Waals surface area contributed by atoms with Crippen molar-refractivity contribution in [3.63, 3.8) is 0 Å². The third-order valence-electron chi connectivity index (χ3n) is 3.16. The van der Waals surface area contributed by atoms with Crippen molar-refractivity contribution in [1.29, 1.82) is 0 Å². The molecule has 0 spiro atoms. The lowest BCUT2D eigenvalue weighted by Gasteiger charge is -2.07. The van der Waals surface area contributed by atoms with E-state index in [9.17, 15) is 0 Å². The van der Waals surface area contributed by atoms with Gasteiger partial charge in [0.25, 0.3) is 0 Å². The highest BCUT2D eigenvalue weighted by Crippen LogP contribution is 2.02. The van der Waals surface area contributed by atoms with Gasteiger partial charge in [-0.1, -0.05) is 44.2 Å². The lowest BCUT2D eigenvalue weighted by Crippen LogP contribution is -2.21. The van der Waals surface area contributed by atoms with E-state index in [0.717, 1.165) is 45.1 Å². The molecule has 0 heterocycles. The molecular formula is C17H29NO. The standard InChI is InChI=1S/C17H29NO/c1-16(2)8-6-12-18-13-15-19-14-7-11-17-9-4-3-5-10-17/h3-5,9-10,16,18H,6-8,11-15H2,1-2H3. The van der Waals surface area contributed by atoms with Crippen LogP contribution in [-0.4, -0.2) is 26.3 Å². The van der Waals surface area contributed by atoms with Crippen molar-refractivity contribution in [2.45, 2.75) is 39.5 Å². The molecule has 0 aliphatic rings. The van der Waals surface area contributed by atoms with E-state index in [1.807, 2.05) is 0 Å². The van der Waals surface area contributed by atoms with Crippen LogP contribution in [0.15, 0.2) is 30.3 Å². The van der Waals surface area contributed by atoms with Crippen molar-refractivity contribution in [2.24, 2.45) is 5.92 Å². The van der Waals surface area contributed by atoms with E-state index in [4.69, 9.17) is 4.74 Å². The minimum Gasteiger partial charge on any atom is -0.380 e. The van der Waals surface area contributed by atoms with Crippen LogP contribution in [0.3, 0.4) is 0 Å². The van der Waals surface area contributed by atoms with E-state index < -0.39 is 0 Å². The van der Waals surface area contributed by atoms with Gasteiger partial charge in [-0.05, 0) is 43.7 Å². The van der Waals surface area contributed by atoms with E-state index >= 15 is 0 Å². The van der Waals surface area contributed by atoms with Gasteiger partial charge in [-0.3, -0.25) is 0 Å². The molecule has 108 valence electrons. The Morgan fingerprint density at radius 2 is 1.79 bits per heavy atom. The quantitative estimate of drug-likeness (QED) is 0.615. The maximum absolute atomic E-state index is 5.62. The summed E-state index contributed by atoms with van der Waals surface area (Å²) in [6, 6.07) is 10.6. The second kappa shape index (κ2) is 11.0. The van der Waals surface area contributed by atoms with Crippen molar-refractivity contribution < 1.29 is 4.74 Å². The highest BCUT2D eigenvalue weighted by atomic mass is 16.5. The number of nitrogens with one attached hydrogen (secondary N) is 1. The Morgan fingerprint density at radius 1 is 1.00 bits per heavy atom. The molecule has 0 saturated carbocycles. The topological polar surface area (TPSA) is 21.3 Å². The normalized spacial score (nSPS) is 11.1. The van der Waals surface area contributed by atoms with E-state index in [0.29, 0.717) is 0 Å². The second-order valence-corrected chi connectivity index (χ2v) is 5.49. The van der Waals surface area contributed by atoms with Crippen molar-refractivity contribution >= 4 is 0 Å². The first-order valence-electron chi connectivity index (χ1n) is 7.61. The summed E-state index contributed by atoms with van der Waals surface area (Å²) < 4.78 is 5.62. The minimum atomic E-state index is 0.816. The molecule has 2 nitrogen and oxygen atoms in total. The predicted molar refractivity (Wildman–Crippen MR) is 82.5 cm³/mol. The first kappa shape index (κ1) is 16.2. The average Bonchev–Trinajstić information content (AvgIpc) is 2.42. The average molecular weight is 263 g/mol. The number of hydrogen-bond donors (Lipinski definition) is 1. The lowest BCUT2D eigenvalue weighted by atomic mass is 10.1. The first-order chi connectivity index (χ1) is 9.29.